The fourth-order valence-corrected chi connectivity index (χ4v) is 3.43. The SMILES string of the molecule is CC1=CC(Cn2ccc3cc(NC4=NCc5nccnc54)ccc32)=NC1. The van der Waals surface area contributed by atoms with Gasteiger partial charge in [-0.15, -0.1) is 0 Å². The normalized spacial score (nSPS) is 15.7. The zero-order valence-corrected chi connectivity index (χ0v) is 14.5. The number of fused-ring (bicyclic) bond motifs is 2. The molecule has 0 saturated carbocycles. The zero-order valence-electron chi connectivity index (χ0n) is 14.5. The van der Waals surface area contributed by atoms with Crippen LogP contribution < -0.4 is 5.32 Å². The van der Waals surface area contributed by atoms with Gasteiger partial charge >= 0.3 is 0 Å². The van der Waals surface area contributed by atoms with E-state index >= 15 is 0 Å². The minimum atomic E-state index is 0.583. The maximum absolute atomic E-state index is 4.57. The number of anilines is 1. The van der Waals surface area contributed by atoms with Crippen LogP contribution in [0.1, 0.15) is 18.3 Å². The lowest BCUT2D eigenvalue weighted by molar-refractivity contribution is 0.898. The first-order valence-electron chi connectivity index (χ1n) is 8.67. The smallest absolute Gasteiger partial charge is 0.154 e. The molecule has 2 aromatic heterocycles. The van der Waals surface area contributed by atoms with Crippen molar-refractivity contribution in [3.63, 3.8) is 0 Å². The van der Waals surface area contributed by atoms with E-state index in [9.17, 15) is 0 Å². The Morgan fingerprint density at radius 1 is 1.08 bits per heavy atom. The summed E-state index contributed by atoms with van der Waals surface area (Å²) >= 11 is 0. The van der Waals surface area contributed by atoms with Crippen LogP contribution in [0.2, 0.25) is 0 Å². The van der Waals surface area contributed by atoms with Crippen LogP contribution in [0.15, 0.2) is 64.5 Å². The van der Waals surface area contributed by atoms with E-state index in [1.165, 1.54) is 16.5 Å². The number of aromatic nitrogens is 3. The maximum atomic E-state index is 4.57. The van der Waals surface area contributed by atoms with Gasteiger partial charge < -0.3 is 9.88 Å². The molecule has 0 amide bonds. The van der Waals surface area contributed by atoms with E-state index in [-0.39, 0.29) is 0 Å². The van der Waals surface area contributed by atoms with Crippen LogP contribution >= 0.6 is 0 Å². The molecule has 0 saturated heterocycles. The molecular weight excluding hydrogens is 324 g/mol. The molecule has 6 heteroatoms. The lowest BCUT2D eigenvalue weighted by atomic mass is 10.2. The van der Waals surface area contributed by atoms with E-state index in [0.717, 1.165) is 41.7 Å². The summed E-state index contributed by atoms with van der Waals surface area (Å²) in [5.41, 5.74) is 6.42. The van der Waals surface area contributed by atoms with Crippen LogP contribution in [0.25, 0.3) is 10.9 Å². The molecule has 0 atom stereocenters. The molecule has 3 aromatic rings. The van der Waals surface area contributed by atoms with Gasteiger partial charge in [-0.2, -0.15) is 0 Å². The van der Waals surface area contributed by atoms with E-state index in [1.807, 2.05) is 0 Å². The number of nitrogens with one attached hydrogen (secondary N) is 1. The van der Waals surface area contributed by atoms with Gasteiger partial charge in [0.05, 0.1) is 31.0 Å². The second-order valence-electron chi connectivity index (χ2n) is 6.66. The zero-order chi connectivity index (χ0) is 17.5. The monoisotopic (exact) mass is 342 g/mol. The second-order valence-corrected chi connectivity index (χ2v) is 6.66. The van der Waals surface area contributed by atoms with Gasteiger partial charge in [-0.05, 0) is 37.3 Å². The Balaban J connectivity index is 1.40. The second kappa shape index (κ2) is 5.91. The fourth-order valence-electron chi connectivity index (χ4n) is 3.43. The summed E-state index contributed by atoms with van der Waals surface area (Å²) in [4.78, 5) is 17.8. The standard InChI is InChI=1S/C20H18N6/c1-13-8-16(23-10-13)12-26-7-4-14-9-15(2-3-18(14)26)25-20-19-17(11-24-20)21-5-6-22-19/h2-9H,10-12H2,1H3,(H,24,25). The summed E-state index contributed by atoms with van der Waals surface area (Å²) < 4.78 is 2.24. The number of amidine groups is 1. The number of hydrogen-bond acceptors (Lipinski definition) is 5. The molecule has 0 aliphatic carbocycles. The molecule has 26 heavy (non-hydrogen) atoms. The molecule has 4 heterocycles. The Morgan fingerprint density at radius 2 is 2.00 bits per heavy atom. The fraction of sp³-hybridized carbons (Fsp3) is 0.200. The summed E-state index contributed by atoms with van der Waals surface area (Å²) in [7, 11) is 0. The number of nitrogens with zero attached hydrogens (tertiary/aromatic N) is 5. The Hall–Kier alpha value is -3.28. The Morgan fingerprint density at radius 3 is 2.88 bits per heavy atom. The number of aliphatic imine (C=N–C) groups is 2. The van der Waals surface area contributed by atoms with Crippen molar-refractivity contribution in [2.45, 2.75) is 20.0 Å². The highest BCUT2D eigenvalue weighted by Crippen LogP contribution is 2.23. The minimum absolute atomic E-state index is 0.583. The molecule has 0 bridgehead atoms. The third-order valence-electron chi connectivity index (χ3n) is 4.70. The van der Waals surface area contributed by atoms with Crippen molar-refractivity contribution in [2.24, 2.45) is 9.98 Å². The first kappa shape index (κ1) is 15.0. The first-order valence-corrected chi connectivity index (χ1v) is 8.67. The van der Waals surface area contributed by atoms with Crippen LogP contribution in [0.5, 0.6) is 0 Å². The van der Waals surface area contributed by atoms with Gasteiger partial charge in [0.15, 0.2) is 5.84 Å². The van der Waals surface area contributed by atoms with Crippen molar-refractivity contribution in [1.82, 2.24) is 14.5 Å². The van der Waals surface area contributed by atoms with Crippen molar-refractivity contribution in [3.05, 3.63) is 65.9 Å². The summed E-state index contributed by atoms with van der Waals surface area (Å²) in [6.45, 7) is 4.34. The highest BCUT2D eigenvalue weighted by Gasteiger charge is 2.18. The van der Waals surface area contributed by atoms with Gasteiger partial charge in [0.1, 0.15) is 5.69 Å². The highest BCUT2D eigenvalue weighted by atomic mass is 15.1. The molecule has 0 spiro atoms. The molecule has 2 aliphatic heterocycles. The van der Waals surface area contributed by atoms with Crippen LogP contribution in [0.3, 0.4) is 0 Å². The van der Waals surface area contributed by atoms with E-state index < -0.39 is 0 Å². The maximum Gasteiger partial charge on any atom is 0.154 e. The highest BCUT2D eigenvalue weighted by molar-refractivity contribution is 6.09. The topological polar surface area (TPSA) is 67.5 Å². The van der Waals surface area contributed by atoms with E-state index in [4.69, 9.17) is 0 Å². The van der Waals surface area contributed by atoms with Gasteiger partial charge in [-0.25, -0.2) is 4.98 Å². The number of allylic oxidation sites excluding steroid dienone is 1. The molecule has 5 rings (SSSR count). The van der Waals surface area contributed by atoms with Crippen LogP contribution in [-0.4, -0.2) is 32.6 Å². The largest absolute Gasteiger partial charge is 0.341 e. The summed E-state index contributed by atoms with van der Waals surface area (Å²) in [5.74, 6) is 0.785. The van der Waals surface area contributed by atoms with Crippen LogP contribution in [0.4, 0.5) is 5.69 Å². The lowest BCUT2D eigenvalue weighted by Gasteiger charge is -2.08. The van der Waals surface area contributed by atoms with E-state index in [2.05, 4.69) is 73.3 Å². The molecule has 0 fully saturated rings. The van der Waals surface area contributed by atoms with Crippen LogP contribution in [0, 0.1) is 0 Å². The molecule has 2 aliphatic rings. The van der Waals surface area contributed by atoms with Gasteiger partial charge in [0.25, 0.3) is 0 Å². The molecular formula is C20H18N6. The summed E-state index contributed by atoms with van der Waals surface area (Å²) in [6.07, 6.45) is 7.70. The van der Waals surface area contributed by atoms with Crippen molar-refractivity contribution in [1.29, 1.82) is 0 Å². The van der Waals surface area contributed by atoms with Crippen molar-refractivity contribution < 1.29 is 0 Å². The van der Waals surface area contributed by atoms with Gasteiger partial charge in [-0.3, -0.25) is 15.0 Å². The van der Waals surface area contributed by atoms with Gasteiger partial charge in [0.2, 0.25) is 0 Å². The lowest BCUT2D eigenvalue weighted by Crippen LogP contribution is -2.13. The molecule has 6 nitrogen and oxygen atoms in total. The molecule has 1 N–H and O–H groups in total. The molecule has 128 valence electrons. The predicted octanol–water partition coefficient (Wildman–Crippen LogP) is 3.20. The first-order chi connectivity index (χ1) is 12.8. The number of benzene rings is 1. The minimum Gasteiger partial charge on any atom is -0.341 e. The van der Waals surface area contributed by atoms with Gasteiger partial charge in [-0.1, -0.05) is 5.57 Å². The Bertz CT molecular complexity index is 1100. The summed E-state index contributed by atoms with van der Waals surface area (Å²) in [5, 5.41) is 4.57. The van der Waals surface area contributed by atoms with Crippen molar-refractivity contribution in [2.75, 3.05) is 11.9 Å². The molecule has 1 aromatic carbocycles. The molecule has 0 radical (unpaired) electrons. The van der Waals surface area contributed by atoms with E-state index in [1.54, 1.807) is 12.4 Å². The van der Waals surface area contributed by atoms with Crippen molar-refractivity contribution in [3.8, 4) is 0 Å². The number of hydrogen-bond donors (Lipinski definition) is 1. The van der Waals surface area contributed by atoms with Crippen LogP contribution in [-0.2, 0) is 13.1 Å². The third kappa shape index (κ3) is 2.60. The Kier molecular flexibility index (Phi) is 3.41. The van der Waals surface area contributed by atoms with E-state index in [0.29, 0.717) is 6.54 Å². The Labute approximate surface area is 151 Å². The quantitative estimate of drug-likeness (QED) is 0.795. The van der Waals surface area contributed by atoms with Gasteiger partial charge in [0, 0.05) is 35.2 Å². The average molecular weight is 342 g/mol. The van der Waals surface area contributed by atoms with Crippen molar-refractivity contribution >= 4 is 28.1 Å². The average Bonchev–Trinajstić information content (AvgIpc) is 3.36. The summed E-state index contributed by atoms with van der Waals surface area (Å²) in [6, 6.07) is 8.49. The molecule has 0 unspecified atom stereocenters. The predicted molar refractivity (Wildman–Crippen MR) is 104 cm³/mol. The third-order valence-corrected chi connectivity index (χ3v) is 4.70. The number of rotatable bonds is 3.